The quantitative estimate of drug-likeness (QED) is 0.258. The Morgan fingerprint density at radius 3 is 2.60 bits per heavy atom. The van der Waals surface area contributed by atoms with Gasteiger partial charge in [-0.3, -0.25) is 14.4 Å². The predicted octanol–water partition coefficient (Wildman–Crippen LogP) is 5.28. The van der Waals surface area contributed by atoms with Crippen LogP contribution in [0.15, 0.2) is 72.4 Å². The summed E-state index contributed by atoms with van der Waals surface area (Å²) < 4.78 is 1.77. The molecule has 2 fully saturated rings. The number of nitrogens with one attached hydrogen (secondary N) is 1. The first-order valence-electron chi connectivity index (χ1n) is 16.7. The topological polar surface area (TPSA) is 137 Å². The van der Waals surface area contributed by atoms with Crippen LogP contribution in [-0.2, 0) is 23.1 Å². The number of rotatable bonds is 9. The molecule has 4 aromatic rings. The van der Waals surface area contributed by atoms with Crippen molar-refractivity contribution in [2.45, 2.75) is 76.0 Å². The molecule has 1 saturated heterocycles. The highest BCUT2D eigenvalue weighted by atomic mass is 16.7. The van der Waals surface area contributed by atoms with Crippen LogP contribution in [0.1, 0.15) is 63.0 Å². The van der Waals surface area contributed by atoms with Gasteiger partial charge < -0.3 is 15.1 Å². The minimum Gasteiger partial charge on any atom is -0.387 e. The molecule has 1 aromatic carbocycles. The molecule has 0 bridgehead atoms. The molecule has 48 heavy (non-hydrogen) atoms. The molecule has 12 heteroatoms. The normalized spacial score (nSPS) is 21.9. The molecule has 0 radical (unpaired) electrons. The predicted molar refractivity (Wildman–Crippen MR) is 183 cm³/mol. The van der Waals surface area contributed by atoms with Crippen molar-refractivity contribution in [1.29, 1.82) is 5.26 Å². The van der Waals surface area contributed by atoms with Gasteiger partial charge >= 0.3 is 0 Å². The molecule has 12 nitrogen and oxygen atoms in total. The summed E-state index contributed by atoms with van der Waals surface area (Å²) in [5.74, 6) is 1.89. The Kier molecular flexibility index (Phi) is 8.76. The molecule has 1 aliphatic carbocycles. The van der Waals surface area contributed by atoms with Gasteiger partial charge in [-0.05, 0) is 56.7 Å². The van der Waals surface area contributed by atoms with Crippen LogP contribution in [0.5, 0.6) is 0 Å². The highest BCUT2D eigenvalue weighted by Gasteiger charge is 2.45. The fourth-order valence-corrected chi connectivity index (χ4v) is 7.18. The number of aryl methyl sites for hydroxylation is 2. The molecule has 246 valence electrons. The summed E-state index contributed by atoms with van der Waals surface area (Å²) in [6.45, 7) is 3.36. The first-order valence-corrected chi connectivity index (χ1v) is 16.7. The molecule has 1 amide bonds. The third-order valence-electron chi connectivity index (χ3n) is 9.65. The van der Waals surface area contributed by atoms with Gasteiger partial charge in [0, 0.05) is 68.5 Å². The van der Waals surface area contributed by atoms with Crippen LogP contribution in [0.3, 0.4) is 0 Å². The molecular formula is C36H40N10O2. The fraction of sp³-hybridized carbons (Fsp3) is 0.417. The van der Waals surface area contributed by atoms with Gasteiger partial charge in [0.2, 0.25) is 11.9 Å². The largest absolute Gasteiger partial charge is 0.387 e. The number of aromatic nitrogens is 5. The molecule has 1 saturated carbocycles. The third kappa shape index (κ3) is 6.72. The molecule has 1 atom stereocenters. The van der Waals surface area contributed by atoms with Gasteiger partial charge in [-0.1, -0.05) is 35.5 Å². The summed E-state index contributed by atoms with van der Waals surface area (Å²) in [6, 6.07) is 16.5. The Balaban J connectivity index is 1.03. The van der Waals surface area contributed by atoms with E-state index in [1.165, 1.54) is 0 Å². The first kappa shape index (κ1) is 31.3. The van der Waals surface area contributed by atoms with Crippen molar-refractivity contribution >= 4 is 29.2 Å². The van der Waals surface area contributed by atoms with E-state index >= 15 is 0 Å². The Morgan fingerprint density at radius 2 is 1.92 bits per heavy atom. The molecular weight excluding hydrogens is 604 g/mol. The lowest BCUT2D eigenvalue weighted by Gasteiger charge is -2.36. The van der Waals surface area contributed by atoms with Crippen LogP contribution in [0.4, 0.5) is 17.6 Å². The van der Waals surface area contributed by atoms with Gasteiger partial charge in [0.05, 0.1) is 24.7 Å². The number of nitriles is 1. The number of hydrogen-bond acceptors (Lipinski definition) is 10. The van der Waals surface area contributed by atoms with Crippen LogP contribution < -0.4 is 15.1 Å². The smallest absolute Gasteiger partial charge is 0.228 e. The zero-order valence-electron chi connectivity index (χ0n) is 27.4. The molecule has 5 heterocycles. The van der Waals surface area contributed by atoms with Gasteiger partial charge in [-0.15, -0.1) is 0 Å². The van der Waals surface area contributed by atoms with Crippen molar-refractivity contribution in [1.82, 2.24) is 24.7 Å². The molecule has 3 aliphatic rings. The van der Waals surface area contributed by atoms with Crippen molar-refractivity contribution in [2.75, 3.05) is 28.2 Å². The molecule has 2 aliphatic heterocycles. The second-order valence-corrected chi connectivity index (χ2v) is 13.2. The van der Waals surface area contributed by atoms with E-state index in [4.69, 9.17) is 14.8 Å². The summed E-state index contributed by atoms with van der Waals surface area (Å²) in [5.41, 5.74) is 4.19. The zero-order chi connectivity index (χ0) is 33.1. The van der Waals surface area contributed by atoms with E-state index in [0.29, 0.717) is 42.5 Å². The number of carbonyl (C=O) groups excluding carboxylic acids is 1. The van der Waals surface area contributed by atoms with E-state index in [2.05, 4.69) is 43.7 Å². The van der Waals surface area contributed by atoms with Gasteiger partial charge in [0.25, 0.3) is 0 Å². The third-order valence-corrected chi connectivity index (χ3v) is 9.65. The van der Waals surface area contributed by atoms with E-state index < -0.39 is 0 Å². The first-order chi connectivity index (χ1) is 23.4. The van der Waals surface area contributed by atoms with Gasteiger partial charge in [0.15, 0.2) is 11.4 Å². The minimum absolute atomic E-state index is 0.0263. The second-order valence-electron chi connectivity index (χ2n) is 13.2. The van der Waals surface area contributed by atoms with E-state index in [1.807, 2.05) is 67.8 Å². The highest BCUT2D eigenvalue weighted by molar-refractivity contribution is 5.93. The number of carbonyl (C=O) groups is 1. The maximum atomic E-state index is 13.9. The van der Waals surface area contributed by atoms with Crippen LogP contribution >= 0.6 is 0 Å². The second kappa shape index (κ2) is 13.4. The van der Waals surface area contributed by atoms with Crippen molar-refractivity contribution in [3.05, 3.63) is 78.4 Å². The number of nitrogens with zero attached hydrogens (tertiary/aromatic N) is 9. The SMILES string of the molecule is CC1=NOC2(CCN(c3nc(NC4CCC(N(C(=O)CCc5ccccc5)c5ccc(-c6cnn(C)c6)cn5)CC4)ncc3C#N)C2)C1. The number of pyridine rings is 1. The molecule has 1 unspecified atom stereocenters. The number of oxime groups is 1. The summed E-state index contributed by atoms with van der Waals surface area (Å²) >= 11 is 0. The lowest BCUT2D eigenvalue weighted by Crippen LogP contribution is -2.45. The molecule has 1 spiro atoms. The monoisotopic (exact) mass is 644 g/mol. The lowest BCUT2D eigenvalue weighted by atomic mass is 9.89. The van der Waals surface area contributed by atoms with E-state index in [9.17, 15) is 10.1 Å². The number of anilines is 3. The lowest BCUT2D eigenvalue weighted by molar-refractivity contribution is -0.119. The number of benzene rings is 1. The average Bonchev–Trinajstić information content (AvgIpc) is 3.85. The molecule has 7 rings (SSSR count). The van der Waals surface area contributed by atoms with Crippen molar-refractivity contribution in [2.24, 2.45) is 12.2 Å². The Morgan fingerprint density at radius 1 is 1.08 bits per heavy atom. The van der Waals surface area contributed by atoms with Crippen LogP contribution in [0.25, 0.3) is 11.1 Å². The van der Waals surface area contributed by atoms with Gasteiger partial charge in [0.1, 0.15) is 17.5 Å². The fourth-order valence-electron chi connectivity index (χ4n) is 7.18. The summed E-state index contributed by atoms with van der Waals surface area (Å²) in [7, 11) is 1.89. The van der Waals surface area contributed by atoms with Crippen molar-refractivity contribution in [3.8, 4) is 17.2 Å². The van der Waals surface area contributed by atoms with Crippen LogP contribution in [-0.4, -0.2) is 67.1 Å². The minimum atomic E-state index is -0.341. The maximum absolute atomic E-state index is 13.9. The van der Waals surface area contributed by atoms with E-state index in [1.54, 1.807) is 10.9 Å². The Bertz CT molecular complexity index is 1830. The van der Waals surface area contributed by atoms with Crippen LogP contribution in [0.2, 0.25) is 0 Å². The summed E-state index contributed by atoms with van der Waals surface area (Å²) in [4.78, 5) is 37.8. The van der Waals surface area contributed by atoms with Crippen molar-refractivity contribution in [3.63, 3.8) is 0 Å². The van der Waals surface area contributed by atoms with E-state index in [0.717, 1.165) is 67.5 Å². The Labute approximate surface area is 280 Å². The van der Waals surface area contributed by atoms with Crippen molar-refractivity contribution < 1.29 is 9.63 Å². The van der Waals surface area contributed by atoms with Gasteiger partial charge in [-0.2, -0.15) is 15.3 Å². The number of amides is 1. The van der Waals surface area contributed by atoms with E-state index in [-0.39, 0.29) is 23.6 Å². The zero-order valence-corrected chi connectivity index (χ0v) is 27.4. The standard InChI is InChI=1S/C36H40N10O2/c1-25-18-36(48-43-25)16-17-45(24-36)34-28(19-37)21-39-35(42-34)41-30-10-12-31(13-11-30)46(33(47)15-8-26-6-4-3-5-7-26)32-14-9-27(20-38-32)29-22-40-44(2)23-29/h3-7,9,14,20-23,30-31H,8,10-13,15-18,24H2,1-2H3,(H,39,41,42). The Hall–Kier alpha value is -5.31. The summed E-state index contributed by atoms with van der Waals surface area (Å²) in [6.07, 6.45) is 13.2. The molecule has 1 N–H and O–H groups in total. The maximum Gasteiger partial charge on any atom is 0.228 e. The highest BCUT2D eigenvalue weighted by Crippen LogP contribution is 2.37. The number of hydrogen-bond donors (Lipinski definition) is 1. The molecule has 3 aromatic heterocycles. The van der Waals surface area contributed by atoms with Gasteiger partial charge in [-0.25, -0.2) is 9.97 Å². The van der Waals surface area contributed by atoms with Crippen LogP contribution in [0, 0.1) is 11.3 Å². The summed E-state index contributed by atoms with van der Waals surface area (Å²) in [5, 5.41) is 21.8. The average molecular weight is 645 g/mol.